The fraction of sp³-hybridized carbons (Fsp3) is 0.273. The van der Waals surface area contributed by atoms with E-state index in [1.54, 1.807) is 0 Å². The largest absolute Gasteiger partial charge is 0.364 e. The first kappa shape index (κ1) is 11.3. The van der Waals surface area contributed by atoms with Crippen molar-refractivity contribution in [3.05, 3.63) is 41.3 Å². The number of hydrogen-bond donors (Lipinski definition) is 1. The minimum absolute atomic E-state index is 0.245. The Balaban J connectivity index is 2.00. The minimum atomic E-state index is -0.304. The minimum Gasteiger partial charge on any atom is -0.364 e. The fourth-order valence-corrected chi connectivity index (χ4v) is 1.46. The van der Waals surface area contributed by atoms with Gasteiger partial charge in [-0.3, -0.25) is 4.79 Å². The quantitative estimate of drug-likeness (QED) is 0.854. The number of amides is 1. The Kier molecular flexibility index (Phi) is 3.13. The SMILES string of the molecule is Cc1cc(C)nc(CNC(=O)c2ccon2)n1. The molecule has 1 amide bonds. The van der Waals surface area contributed by atoms with Crippen LogP contribution in [0.4, 0.5) is 0 Å². The van der Waals surface area contributed by atoms with Gasteiger partial charge in [0.25, 0.3) is 5.91 Å². The van der Waals surface area contributed by atoms with E-state index in [-0.39, 0.29) is 18.1 Å². The van der Waals surface area contributed by atoms with Gasteiger partial charge in [-0.25, -0.2) is 9.97 Å². The molecular weight excluding hydrogens is 220 g/mol. The van der Waals surface area contributed by atoms with E-state index in [1.165, 1.54) is 12.3 Å². The lowest BCUT2D eigenvalue weighted by Gasteiger charge is -2.04. The van der Waals surface area contributed by atoms with Crippen molar-refractivity contribution in [2.24, 2.45) is 0 Å². The molecule has 0 radical (unpaired) electrons. The Morgan fingerprint density at radius 1 is 1.35 bits per heavy atom. The lowest BCUT2D eigenvalue weighted by Crippen LogP contribution is -2.24. The van der Waals surface area contributed by atoms with Gasteiger partial charge in [-0.2, -0.15) is 0 Å². The van der Waals surface area contributed by atoms with Crippen molar-refractivity contribution in [2.75, 3.05) is 0 Å². The maximum atomic E-state index is 11.6. The highest BCUT2D eigenvalue weighted by Crippen LogP contribution is 2.00. The van der Waals surface area contributed by atoms with Crippen LogP contribution in [0.3, 0.4) is 0 Å². The van der Waals surface area contributed by atoms with Crippen LogP contribution in [-0.2, 0) is 6.54 Å². The molecule has 0 aromatic carbocycles. The molecule has 6 nitrogen and oxygen atoms in total. The summed E-state index contributed by atoms with van der Waals surface area (Å²) in [5.74, 6) is 0.279. The van der Waals surface area contributed by atoms with Gasteiger partial charge in [-0.05, 0) is 19.9 Å². The number of carbonyl (C=O) groups excluding carboxylic acids is 1. The first-order valence-electron chi connectivity index (χ1n) is 5.15. The average molecular weight is 232 g/mol. The van der Waals surface area contributed by atoms with Crippen LogP contribution in [0.5, 0.6) is 0 Å². The molecule has 88 valence electrons. The predicted octanol–water partition coefficient (Wildman–Crippen LogP) is 1.01. The van der Waals surface area contributed by atoms with Crippen LogP contribution < -0.4 is 5.32 Å². The van der Waals surface area contributed by atoms with Gasteiger partial charge in [-0.1, -0.05) is 5.16 Å². The lowest BCUT2D eigenvalue weighted by atomic mass is 10.3. The molecule has 2 heterocycles. The standard InChI is InChI=1S/C11H12N4O2/c1-7-5-8(2)14-10(13-7)6-12-11(16)9-3-4-17-15-9/h3-5H,6H2,1-2H3,(H,12,16). The molecule has 0 unspecified atom stereocenters. The molecule has 0 aliphatic heterocycles. The number of nitrogens with one attached hydrogen (secondary N) is 1. The monoisotopic (exact) mass is 232 g/mol. The highest BCUT2D eigenvalue weighted by atomic mass is 16.5. The summed E-state index contributed by atoms with van der Waals surface area (Å²) in [5, 5.41) is 6.21. The van der Waals surface area contributed by atoms with Crippen molar-refractivity contribution in [1.82, 2.24) is 20.4 Å². The summed E-state index contributed by atoms with van der Waals surface area (Å²) in [7, 11) is 0. The molecule has 1 N–H and O–H groups in total. The zero-order valence-corrected chi connectivity index (χ0v) is 9.60. The van der Waals surface area contributed by atoms with Gasteiger partial charge in [-0.15, -0.1) is 0 Å². The molecule has 2 aromatic rings. The van der Waals surface area contributed by atoms with Crippen LogP contribution in [-0.4, -0.2) is 21.0 Å². The molecule has 2 rings (SSSR count). The van der Waals surface area contributed by atoms with E-state index < -0.39 is 0 Å². The summed E-state index contributed by atoms with van der Waals surface area (Å²) in [6.45, 7) is 4.05. The van der Waals surface area contributed by atoms with Crippen LogP contribution >= 0.6 is 0 Å². The zero-order chi connectivity index (χ0) is 12.3. The third kappa shape index (κ3) is 2.87. The van der Waals surface area contributed by atoms with Crippen molar-refractivity contribution in [2.45, 2.75) is 20.4 Å². The number of rotatable bonds is 3. The number of carbonyl (C=O) groups is 1. The number of aryl methyl sites for hydroxylation is 2. The molecule has 17 heavy (non-hydrogen) atoms. The number of hydrogen-bond acceptors (Lipinski definition) is 5. The normalized spacial score (nSPS) is 10.2. The fourth-order valence-electron chi connectivity index (χ4n) is 1.46. The zero-order valence-electron chi connectivity index (χ0n) is 9.60. The topological polar surface area (TPSA) is 80.9 Å². The van der Waals surface area contributed by atoms with Gasteiger partial charge in [0.15, 0.2) is 5.69 Å². The second-order valence-electron chi connectivity index (χ2n) is 3.63. The van der Waals surface area contributed by atoms with Crippen molar-refractivity contribution in [3.63, 3.8) is 0 Å². The van der Waals surface area contributed by atoms with E-state index >= 15 is 0 Å². The van der Waals surface area contributed by atoms with Crippen LogP contribution in [0, 0.1) is 13.8 Å². The second kappa shape index (κ2) is 4.73. The molecule has 0 atom stereocenters. The molecule has 6 heteroatoms. The third-order valence-corrected chi connectivity index (χ3v) is 2.11. The Hall–Kier alpha value is -2.24. The molecule has 0 spiro atoms. The van der Waals surface area contributed by atoms with Crippen molar-refractivity contribution >= 4 is 5.91 Å². The van der Waals surface area contributed by atoms with E-state index in [1.807, 2.05) is 19.9 Å². The van der Waals surface area contributed by atoms with E-state index in [2.05, 4.69) is 25.0 Å². The van der Waals surface area contributed by atoms with Crippen LogP contribution in [0.2, 0.25) is 0 Å². The van der Waals surface area contributed by atoms with Crippen LogP contribution in [0.1, 0.15) is 27.7 Å². The number of nitrogens with zero attached hydrogens (tertiary/aromatic N) is 3. The maximum Gasteiger partial charge on any atom is 0.273 e. The molecule has 2 aromatic heterocycles. The molecule has 0 aliphatic rings. The molecular formula is C11H12N4O2. The van der Waals surface area contributed by atoms with Gasteiger partial charge in [0.2, 0.25) is 0 Å². The maximum absolute atomic E-state index is 11.6. The summed E-state index contributed by atoms with van der Waals surface area (Å²) >= 11 is 0. The summed E-state index contributed by atoms with van der Waals surface area (Å²) in [4.78, 5) is 20.0. The van der Waals surface area contributed by atoms with E-state index in [0.29, 0.717) is 5.82 Å². The van der Waals surface area contributed by atoms with Crippen molar-refractivity contribution < 1.29 is 9.32 Å². The van der Waals surface area contributed by atoms with Crippen LogP contribution in [0.25, 0.3) is 0 Å². The molecule has 0 aliphatic carbocycles. The number of aromatic nitrogens is 3. The Morgan fingerprint density at radius 3 is 2.65 bits per heavy atom. The first-order chi connectivity index (χ1) is 8.15. The van der Waals surface area contributed by atoms with E-state index in [0.717, 1.165) is 11.4 Å². The Labute approximate surface area is 98.1 Å². The summed E-state index contributed by atoms with van der Waals surface area (Å²) in [6, 6.07) is 3.38. The van der Waals surface area contributed by atoms with Crippen LogP contribution in [0.15, 0.2) is 22.9 Å². The lowest BCUT2D eigenvalue weighted by molar-refractivity contribution is 0.0940. The molecule has 0 saturated heterocycles. The van der Waals surface area contributed by atoms with Gasteiger partial charge >= 0.3 is 0 Å². The van der Waals surface area contributed by atoms with Gasteiger partial charge < -0.3 is 9.84 Å². The first-order valence-corrected chi connectivity index (χ1v) is 5.15. The van der Waals surface area contributed by atoms with Gasteiger partial charge in [0, 0.05) is 17.5 Å². The van der Waals surface area contributed by atoms with Crippen molar-refractivity contribution in [3.8, 4) is 0 Å². The second-order valence-corrected chi connectivity index (χ2v) is 3.63. The summed E-state index contributed by atoms with van der Waals surface area (Å²) in [6.07, 6.45) is 1.35. The average Bonchev–Trinajstić information content (AvgIpc) is 2.78. The molecule has 0 fully saturated rings. The highest BCUT2D eigenvalue weighted by Gasteiger charge is 2.09. The summed E-state index contributed by atoms with van der Waals surface area (Å²) < 4.78 is 4.58. The molecule has 0 bridgehead atoms. The Bertz CT molecular complexity index is 502. The van der Waals surface area contributed by atoms with E-state index in [4.69, 9.17) is 0 Å². The smallest absolute Gasteiger partial charge is 0.273 e. The summed E-state index contributed by atoms with van der Waals surface area (Å²) in [5.41, 5.74) is 2.00. The Morgan fingerprint density at radius 2 is 2.06 bits per heavy atom. The van der Waals surface area contributed by atoms with Gasteiger partial charge in [0.05, 0.1) is 6.54 Å². The predicted molar refractivity (Wildman–Crippen MR) is 59.2 cm³/mol. The highest BCUT2D eigenvalue weighted by molar-refractivity contribution is 5.91. The molecule has 0 saturated carbocycles. The van der Waals surface area contributed by atoms with Gasteiger partial charge in [0.1, 0.15) is 12.1 Å². The third-order valence-electron chi connectivity index (χ3n) is 2.11. The van der Waals surface area contributed by atoms with Crippen molar-refractivity contribution in [1.29, 1.82) is 0 Å². The van der Waals surface area contributed by atoms with E-state index in [9.17, 15) is 4.79 Å².